The van der Waals surface area contributed by atoms with Crippen LogP contribution < -0.4 is 5.32 Å². The average molecular weight is 284 g/mol. The fourth-order valence-electron chi connectivity index (χ4n) is 3.08. The molecule has 1 N–H and O–H groups in total. The molecule has 3 nitrogen and oxygen atoms in total. The van der Waals surface area contributed by atoms with Gasteiger partial charge in [0.2, 0.25) is 0 Å². The van der Waals surface area contributed by atoms with E-state index in [0.717, 1.165) is 25.3 Å². The molecule has 2 aromatic rings. The Morgan fingerprint density at radius 2 is 2.10 bits per heavy atom. The summed E-state index contributed by atoms with van der Waals surface area (Å²) in [6.45, 7) is 5.65. The van der Waals surface area contributed by atoms with Crippen molar-refractivity contribution in [2.45, 2.75) is 31.8 Å². The van der Waals surface area contributed by atoms with Crippen molar-refractivity contribution in [3.63, 3.8) is 0 Å². The number of nitrogens with one attached hydrogen (secondary N) is 1. The van der Waals surface area contributed by atoms with Gasteiger partial charge in [0.1, 0.15) is 5.76 Å². The molecule has 0 saturated carbocycles. The highest BCUT2D eigenvalue weighted by molar-refractivity contribution is 5.15. The predicted octanol–water partition coefficient (Wildman–Crippen LogP) is 3.25. The van der Waals surface area contributed by atoms with E-state index < -0.39 is 0 Å². The van der Waals surface area contributed by atoms with Gasteiger partial charge >= 0.3 is 0 Å². The molecule has 1 aliphatic heterocycles. The summed E-state index contributed by atoms with van der Waals surface area (Å²) in [6, 6.07) is 15.6. The van der Waals surface area contributed by atoms with Gasteiger partial charge in [0.25, 0.3) is 0 Å². The first-order valence-electron chi connectivity index (χ1n) is 7.87. The number of hydrogen-bond donors (Lipinski definition) is 1. The lowest BCUT2D eigenvalue weighted by atomic mass is 10.1. The van der Waals surface area contributed by atoms with Crippen LogP contribution in [-0.4, -0.2) is 30.6 Å². The summed E-state index contributed by atoms with van der Waals surface area (Å²) in [7, 11) is 0. The first-order chi connectivity index (χ1) is 10.3. The number of benzene rings is 1. The molecule has 1 aromatic heterocycles. The summed E-state index contributed by atoms with van der Waals surface area (Å²) in [5.74, 6) is 1.03. The third-order valence-corrected chi connectivity index (χ3v) is 4.29. The van der Waals surface area contributed by atoms with Gasteiger partial charge in [-0.05, 0) is 44.0 Å². The van der Waals surface area contributed by atoms with Crippen LogP contribution in [0.1, 0.15) is 30.7 Å². The van der Waals surface area contributed by atoms with Crippen LogP contribution in [0.3, 0.4) is 0 Å². The molecule has 0 amide bonds. The van der Waals surface area contributed by atoms with Crippen LogP contribution >= 0.6 is 0 Å². The standard InChI is InChI=1S/C18H24N2O/c1-15(18-8-5-13-21-18)19-17-10-12-20(14-17)11-9-16-6-3-2-4-7-16/h2-8,13,15,17,19H,9-12,14H2,1H3. The molecule has 0 spiro atoms. The van der Waals surface area contributed by atoms with E-state index in [9.17, 15) is 0 Å². The van der Waals surface area contributed by atoms with Crippen molar-refractivity contribution < 1.29 is 4.42 Å². The Bertz CT molecular complexity index is 523. The monoisotopic (exact) mass is 284 g/mol. The summed E-state index contributed by atoms with van der Waals surface area (Å²) in [5.41, 5.74) is 1.43. The fraction of sp³-hybridized carbons (Fsp3) is 0.444. The Hall–Kier alpha value is -1.58. The van der Waals surface area contributed by atoms with E-state index in [0.29, 0.717) is 12.1 Å². The number of hydrogen-bond acceptors (Lipinski definition) is 3. The molecule has 1 aliphatic rings. The van der Waals surface area contributed by atoms with E-state index in [4.69, 9.17) is 4.42 Å². The summed E-state index contributed by atoms with van der Waals surface area (Å²) in [5, 5.41) is 3.67. The number of rotatable bonds is 6. The average Bonchev–Trinajstić information content (AvgIpc) is 3.18. The Morgan fingerprint density at radius 3 is 2.86 bits per heavy atom. The zero-order valence-corrected chi connectivity index (χ0v) is 12.7. The molecule has 2 atom stereocenters. The largest absolute Gasteiger partial charge is 0.468 e. The van der Waals surface area contributed by atoms with E-state index >= 15 is 0 Å². The lowest BCUT2D eigenvalue weighted by Gasteiger charge is -2.19. The zero-order chi connectivity index (χ0) is 14.5. The SMILES string of the molecule is CC(NC1CCN(CCc2ccccc2)C1)c1ccco1. The third-order valence-electron chi connectivity index (χ3n) is 4.29. The maximum absolute atomic E-state index is 5.46. The molecular weight excluding hydrogens is 260 g/mol. The molecule has 1 fully saturated rings. The first-order valence-corrected chi connectivity index (χ1v) is 7.87. The Morgan fingerprint density at radius 1 is 1.24 bits per heavy atom. The minimum atomic E-state index is 0.291. The fourth-order valence-corrected chi connectivity index (χ4v) is 3.08. The van der Waals surface area contributed by atoms with Crippen LogP contribution in [0.5, 0.6) is 0 Å². The molecule has 3 rings (SSSR count). The van der Waals surface area contributed by atoms with Gasteiger partial charge in [-0.1, -0.05) is 30.3 Å². The van der Waals surface area contributed by atoms with Gasteiger partial charge in [-0.15, -0.1) is 0 Å². The Labute approximate surface area is 127 Å². The number of furan rings is 1. The van der Waals surface area contributed by atoms with Crippen LogP contribution in [-0.2, 0) is 6.42 Å². The van der Waals surface area contributed by atoms with Crippen molar-refractivity contribution in [1.82, 2.24) is 10.2 Å². The second kappa shape index (κ2) is 6.92. The molecular formula is C18H24N2O. The summed E-state index contributed by atoms with van der Waals surface area (Å²) in [4.78, 5) is 2.56. The summed E-state index contributed by atoms with van der Waals surface area (Å²) >= 11 is 0. The topological polar surface area (TPSA) is 28.4 Å². The molecule has 21 heavy (non-hydrogen) atoms. The van der Waals surface area contributed by atoms with Crippen LogP contribution in [0.25, 0.3) is 0 Å². The maximum Gasteiger partial charge on any atom is 0.120 e. The van der Waals surface area contributed by atoms with Gasteiger partial charge in [-0.2, -0.15) is 0 Å². The van der Waals surface area contributed by atoms with Gasteiger partial charge in [0, 0.05) is 19.1 Å². The highest BCUT2D eigenvalue weighted by Crippen LogP contribution is 2.17. The van der Waals surface area contributed by atoms with Gasteiger partial charge in [-0.25, -0.2) is 0 Å². The van der Waals surface area contributed by atoms with E-state index in [-0.39, 0.29) is 0 Å². The first kappa shape index (κ1) is 14.4. The van der Waals surface area contributed by atoms with Crippen LogP contribution in [0.2, 0.25) is 0 Å². The van der Waals surface area contributed by atoms with Crippen molar-refractivity contribution in [2.24, 2.45) is 0 Å². The smallest absolute Gasteiger partial charge is 0.120 e. The van der Waals surface area contributed by atoms with E-state index in [2.05, 4.69) is 47.5 Å². The normalized spacial score (nSPS) is 20.7. The number of likely N-dealkylation sites (tertiary alicyclic amines) is 1. The third kappa shape index (κ3) is 3.96. The highest BCUT2D eigenvalue weighted by Gasteiger charge is 2.24. The van der Waals surface area contributed by atoms with Crippen LogP contribution in [0.4, 0.5) is 0 Å². The Kier molecular flexibility index (Phi) is 4.73. The minimum Gasteiger partial charge on any atom is -0.468 e. The predicted molar refractivity (Wildman–Crippen MR) is 85.2 cm³/mol. The van der Waals surface area contributed by atoms with Gasteiger partial charge in [-0.3, -0.25) is 0 Å². The van der Waals surface area contributed by atoms with Crippen molar-refractivity contribution in [1.29, 1.82) is 0 Å². The lowest BCUT2D eigenvalue weighted by Crippen LogP contribution is -2.34. The molecule has 1 aromatic carbocycles. The second-order valence-electron chi connectivity index (χ2n) is 5.93. The quantitative estimate of drug-likeness (QED) is 0.882. The van der Waals surface area contributed by atoms with Crippen molar-refractivity contribution in [3.8, 4) is 0 Å². The van der Waals surface area contributed by atoms with E-state index in [1.165, 1.54) is 18.5 Å². The van der Waals surface area contributed by atoms with Gasteiger partial charge in [0.05, 0.1) is 12.3 Å². The number of nitrogens with zero attached hydrogens (tertiary/aromatic N) is 1. The maximum atomic E-state index is 5.46. The lowest BCUT2D eigenvalue weighted by molar-refractivity contribution is 0.321. The van der Waals surface area contributed by atoms with E-state index in [1.807, 2.05) is 12.1 Å². The summed E-state index contributed by atoms with van der Waals surface area (Å²) < 4.78 is 5.46. The van der Waals surface area contributed by atoms with Crippen molar-refractivity contribution in [2.75, 3.05) is 19.6 Å². The second-order valence-corrected chi connectivity index (χ2v) is 5.93. The van der Waals surface area contributed by atoms with Crippen LogP contribution in [0.15, 0.2) is 53.1 Å². The molecule has 0 radical (unpaired) electrons. The highest BCUT2D eigenvalue weighted by atomic mass is 16.3. The van der Waals surface area contributed by atoms with E-state index in [1.54, 1.807) is 6.26 Å². The molecule has 2 heterocycles. The molecule has 1 saturated heterocycles. The molecule has 0 aliphatic carbocycles. The van der Waals surface area contributed by atoms with Crippen molar-refractivity contribution in [3.05, 3.63) is 60.1 Å². The molecule has 3 heteroatoms. The Balaban J connectivity index is 1.43. The minimum absolute atomic E-state index is 0.291. The van der Waals surface area contributed by atoms with Crippen LogP contribution in [0, 0.1) is 0 Å². The van der Waals surface area contributed by atoms with Gasteiger partial charge in [0.15, 0.2) is 0 Å². The molecule has 0 bridgehead atoms. The van der Waals surface area contributed by atoms with Gasteiger partial charge < -0.3 is 14.6 Å². The zero-order valence-electron chi connectivity index (χ0n) is 12.7. The molecule has 112 valence electrons. The summed E-state index contributed by atoms with van der Waals surface area (Å²) in [6.07, 6.45) is 4.11. The molecule has 2 unspecified atom stereocenters. The van der Waals surface area contributed by atoms with Crippen molar-refractivity contribution >= 4 is 0 Å².